The van der Waals surface area contributed by atoms with Gasteiger partial charge in [-0.1, -0.05) is 20.8 Å². The van der Waals surface area contributed by atoms with E-state index in [2.05, 4.69) is 20.7 Å². The lowest BCUT2D eigenvalue weighted by atomic mass is 9.91. The number of benzene rings is 1. The van der Waals surface area contributed by atoms with E-state index < -0.39 is 21.5 Å². The Morgan fingerprint density at radius 2 is 1.76 bits per heavy atom. The summed E-state index contributed by atoms with van der Waals surface area (Å²) < 4.78 is 28.1. The number of halogens is 1. The summed E-state index contributed by atoms with van der Waals surface area (Å²) in [6.45, 7) is 5.83. The van der Waals surface area contributed by atoms with E-state index in [0.717, 1.165) is 0 Å². The number of sulfonamides is 1. The lowest BCUT2D eigenvalue weighted by Crippen LogP contribution is -2.47. The summed E-state index contributed by atoms with van der Waals surface area (Å²) >= 11 is 3.14. The molecular weight excluding hydrogens is 358 g/mol. The number of hydrogen-bond acceptors (Lipinski definition) is 3. The highest BCUT2D eigenvalue weighted by Gasteiger charge is 2.31. The average Bonchev–Trinajstić information content (AvgIpc) is 2.44. The first-order chi connectivity index (χ1) is 9.71. The summed E-state index contributed by atoms with van der Waals surface area (Å²) in [5.41, 5.74) is -0.447. The number of nitrogens with one attached hydrogen (secondary N) is 1. The molecule has 0 aliphatic heterocycles. The molecule has 21 heavy (non-hydrogen) atoms. The van der Waals surface area contributed by atoms with Gasteiger partial charge in [0.15, 0.2) is 0 Å². The van der Waals surface area contributed by atoms with E-state index in [1.165, 1.54) is 18.2 Å². The van der Waals surface area contributed by atoms with Gasteiger partial charge in [0.05, 0.1) is 10.5 Å². The normalized spacial score (nSPS) is 12.4. The molecule has 1 rings (SSSR count). The van der Waals surface area contributed by atoms with Crippen molar-refractivity contribution < 1.29 is 18.3 Å². The molecule has 0 saturated heterocycles. The van der Waals surface area contributed by atoms with E-state index in [-0.39, 0.29) is 14.9 Å². The molecule has 1 aromatic rings. The van der Waals surface area contributed by atoms with Gasteiger partial charge in [0.2, 0.25) is 10.0 Å². The van der Waals surface area contributed by atoms with Gasteiger partial charge in [-0.15, -0.1) is 0 Å². The van der Waals surface area contributed by atoms with E-state index in [9.17, 15) is 13.2 Å². The molecule has 5 nitrogen and oxygen atoms in total. The molecule has 0 atom stereocenters. The first-order valence-corrected chi connectivity index (χ1v) is 9.05. The zero-order valence-corrected chi connectivity index (χ0v) is 14.7. The second kappa shape index (κ2) is 6.89. The quantitative estimate of drug-likeness (QED) is 0.762. The maximum Gasteiger partial charge on any atom is 0.335 e. The van der Waals surface area contributed by atoms with Crippen molar-refractivity contribution in [1.82, 2.24) is 4.72 Å². The van der Waals surface area contributed by atoms with Crippen molar-refractivity contribution in [2.24, 2.45) is 0 Å². The topological polar surface area (TPSA) is 83.5 Å². The van der Waals surface area contributed by atoms with Crippen molar-refractivity contribution in [2.45, 2.75) is 50.5 Å². The minimum atomic E-state index is -3.72. The zero-order valence-electron chi connectivity index (χ0n) is 12.3. The molecule has 0 spiro atoms. The van der Waals surface area contributed by atoms with Crippen LogP contribution in [0.15, 0.2) is 27.6 Å². The van der Waals surface area contributed by atoms with Gasteiger partial charge in [0.25, 0.3) is 0 Å². The van der Waals surface area contributed by atoms with Crippen molar-refractivity contribution in [3.8, 4) is 0 Å². The van der Waals surface area contributed by atoms with Crippen LogP contribution in [-0.4, -0.2) is 25.0 Å². The molecule has 0 fully saturated rings. The Bertz CT molecular complexity index is 616. The summed E-state index contributed by atoms with van der Waals surface area (Å²) in [5, 5.41) is 8.92. The van der Waals surface area contributed by atoms with Crippen LogP contribution in [0.1, 0.15) is 50.4 Å². The third-order valence-corrected chi connectivity index (χ3v) is 6.40. The van der Waals surface area contributed by atoms with Gasteiger partial charge in [0, 0.05) is 10.0 Å². The van der Waals surface area contributed by atoms with Crippen LogP contribution in [0.4, 0.5) is 0 Å². The Labute approximate surface area is 133 Å². The first kappa shape index (κ1) is 18.1. The number of carboxylic acids is 1. The van der Waals surface area contributed by atoms with Gasteiger partial charge in [-0.2, -0.15) is 0 Å². The van der Waals surface area contributed by atoms with Gasteiger partial charge in [0.1, 0.15) is 0 Å². The summed E-state index contributed by atoms with van der Waals surface area (Å²) in [5.74, 6) is -1.10. The Kier molecular flexibility index (Phi) is 5.95. The van der Waals surface area contributed by atoms with E-state index in [4.69, 9.17) is 5.11 Å². The zero-order chi connectivity index (χ0) is 16.3. The molecule has 2 N–H and O–H groups in total. The molecule has 0 saturated carbocycles. The molecule has 0 aliphatic rings. The standard InChI is InChI=1S/C14H20BrNO4S/c1-4-14(5-2,6-3)16-21(19,20)12-8-7-10(13(17)18)9-11(12)15/h7-9,16H,4-6H2,1-3H3,(H,17,18). The minimum Gasteiger partial charge on any atom is -0.478 e. The maximum absolute atomic E-state index is 12.5. The Morgan fingerprint density at radius 1 is 1.24 bits per heavy atom. The predicted octanol–water partition coefficient (Wildman–Crippen LogP) is 3.39. The van der Waals surface area contributed by atoms with Crippen LogP contribution in [0.2, 0.25) is 0 Å². The second-order valence-electron chi connectivity index (χ2n) is 4.90. The van der Waals surface area contributed by atoms with Crippen LogP contribution in [0.5, 0.6) is 0 Å². The predicted molar refractivity (Wildman–Crippen MR) is 85.0 cm³/mol. The number of carboxylic acid groups (broad SMARTS) is 1. The van der Waals surface area contributed by atoms with E-state index in [0.29, 0.717) is 19.3 Å². The van der Waals surface area contributed by atoms with Gasteiger partial charge < -0.3 is 5.11 Å². The van der Waals surface area contributed by atoms with E-state index in [1.807, 2.05) is 20.8 Å². The summed E-state index contributed by atoms with van der Waals surface area (Å²) in [4.78, 5) is 10.9. The fourth-order valence-corrected chi connectivity index (χ4v) is 4.85. The smallest absolute Gasteiger partial charge is 0.335 e. The maximum atomic E-state index is 12.5. The molecule has 0 bridgehead atoms. The van der Waals surface area contributed by atoms with Crippen LogP contribution >= 0.6 is 15.9 Å². The molecule has 0 aliphatic carbocycles. The number of aromatic carboxylic acids is 1. The molecular formula is C14H20BrNO4S. The molecule has 0 unspecified atom stereocenters. The molecule has 118 valence electrons. The van der Waals surface area contributed by atoms with E-state index >= 15 is 0 Å². The van der Waals surface area contributed by atoms with Crippen LogP contribution in [0.3, 0.4) is 0 Å². The van der Waals surface area contributed by atoms with Crippen molar-refractivity contribution in [3.63, 3.8) is 0 Å². The largest absolute Gasteiger partial charge is 0.478 e. The Balaban J connectivity index is 3.23. The van der Waals surface area contributed by atoms with Crippen molar-refractivity contribution in [1.29, 1.82) is 0 Å². The van der Waals surface area contributed by atoms with Crippen LogP contribution in [0, 0.1) is 0 Å². The van der Waals surface area contributed by atoms with Crippen LogP contribution in [0.25, 0.3) is 0 Å². The van der Waals surface area contributed by atoms with Gasteiger partial charge >= 0.3 is 5.97 Å². The minimum absolute atomic E-state index is 0.0357. The lowest BCUT2D eigenvalue weighted by molar-refractivity contribution is 0.0696. The van der Waals surface area contributed by atoms with Crippen molar-refractivity contribution in [3.05, 3.63) is 28.2 Å². The fraction of sp³-hybridized carbons (Fsp3) is 0.500. The average molecular weight is 378 g/mol. The molecule has 0 radical (unpaired) electrons. The number of carbonyl (C=O) groups is 1. The summed E-state index contributed by atoms with van der Waals surface area (Å²) in [7, 11) is -3.72. The number of hydrogen-bond donors (Lipinski definition) is 2. The SMILES string of the molecule is CCC(CC)(CC)NS(=O)(=O)c1ccc(C(=O)O)cc1Br. The Morgan fingerprint density at radius 3 is 2.14 bits per heavy atom. The monoisotopic (exact) mass is 377 g/mol. The molecule has 0 aromatic heterocycles. The second-order valence-corrected chi connectivity index (χ2v) is 7.40. The van der Waals surface area contributed by atoms with E-state index in [1.54, 1.807) is 0 Å². The van der Waals surface area contributed by atoms with Gasteiger partial charge in [-0.25, -0.2) is 17.9 Å². The first-order valence-electron chi connectivity index (χ1n) is 6.78. The highest BCUT2D eigenvalue weighted by Crippen LogP contribution is 2.27. The van der Waals surface area contributed by atoms with Crippen LogP contribution < -0.4 is 4.72 Å². The highest BCUT2D eigenvalue weighted by molar-refractivity contribution is 9.10. The Hall–Kier alpha value is -0.920. The van der Waals surface area contributed by atoms with Gasteiger partial charge in [-0.3, -0.25) is 0 Å². The summed E-state index contributed by atoms with van der Waals surface area (Å²) in [6, 6.07) is 3.89. The molecule has 0 heterocycles. The fourth-order valence-electron chi connectivity index (χ4n) is 2.16. The number of rotatable bonds is 7. The van der Waals surface area contributed by atoms with Gasteiger partial charge in [-0.05, 0) is 53.4 Å². The third kappa shape index (κ3) is 4.05. The van der Waals surface area contributed by atoms with Crippen molar-refractivity contribution in [2.75, 3.05) is 0 Å². The molecule has 1 aromatic carbocycles. The summed E-state index contributed by atoms with van der Waals surface area (Å²) in [6.07, 6.45) is 2.05. The lowest BCUT2D eigenvalue weighted by Gasteiger charge is -2.31. The highest BCUT2D eigenvalue weighted by atomic mass is 79.9. The third-order valence-electron chi connectivity index (χ3n) is 3.85. The van der Waals surface area contributed by atoms with Crippen LogP contribution in [-0.2, 0) is 10.0 Å². The molecule has 0 amide bonds. The van der Waals surface area contributed by atoms with Crippen molar-refractivity contribution >= 4 is 31.9 Å². The molecule has 7 heteroatoms.